The molecule has 1 aliphatic carbocycles. The van der Waals surface area contributed by atoms with Gasteiger partial charge < -0.3 is 15.4 Å². The summed E-state index contributed by atoms with van der Waals surface area (Å²) in [5.74, 6) is -0.216. The second-order valence-corrected chi connectivity index (χ2v) is 8.80. The summed E-state index contributed by atoms with van der Waals surface area (Å²) < 4.78 is 5.55. The van der Waals surface area contributed by atoms with Crippen molar-refractivity contribution in [2.24, 2.45) is 5.92 Å². The highest BCUT2D eigenvalue weighted by atomic mass is 16.5. The summed E-state index contributed by atoms with van der Waals surface area (Å²) in [5.41, 5.74) is 0.594. The third-order valence-electron chi connectivity index (χ3n) is 6.88. The number of hydrogen-bond acceptors (Lipinski definition) is 4. The molecule has 0 bridgehead atoms. The molecule has 0 radical (unpaired) electrons. The van der Waals surface area contributed by atoms with Gasteiger partial charge in [-0.2, -0.15) is 0 Å². The first-order chi connectivity index (χ1) is 14.6. The van der Waals surface area contributed by atoms with E-state index in [4.69, 9.17) is 4.74 Å². The zero-order valence-electron chi connectivity index (χ0n) is 18.5. The van der Waals surface area contributed by atoms with Crippen LogP contribution in [0, 0.1) is 5.92 Å². The highest BCUT2D eigenvalue weighted by Crippen LogP contribution is 2.34. The predicted octanol–water partition coefficient (Wildman–Crippen LogP) is 2.98. The number of carbonyl (C=O) groups excluding carboxylic acids is 2. The van der Waals surface area contributed by atoms with Crippen molar-refractivity contribution in [1.29, 1.82) is 0 Å². The maximum absolute atomic E-state index is 13.2. The number of rotatable bonds is 8. The standard InChI is InChI=1S/C24H37N3O3/c1-3-19(2)21(26-22(28)20-10-6-4-7-11-20)23(29)25-18-24(12-8-5-9-13-24)27-14-16-30-17-15-27/h4,6-7,10-11,19,21H,3,5,8-9,12-18H2,1-2H3,(H,25,29)(H,26,28). The van der Waals surface area contributed by atoms with Gasteiger partial charge in [0, 0.05) is 30.7 Å². The average molecular weight is 416 g/mol. The van der Waals surface area contributed by atoms with Crippen molar-refractivity contribution in [1.82, 2.24) is 15.5 Å². The summed E-state index contributed by atoms with van der Waals surface area (Å²) in [7, 11) is 0. The van der Waals surface area contributed by atoms with E-state index in [9.17, 15) is 9.59 Å². The second-order valence-electron chi connectivity index (χ2n) is 8.80. The Balaban J connectivity index is 1.67. The van der Waals surface area contributed by atoms with E-state index < -0.39 is 6.04 Å². The molecular weight excluding hydrogens is 378 g/mol. The molecule has 1 aromatic carbocycles. The molecule has 6 heteroatoms. The van der Waals surface area contributed by atoms with Gasteiger partial charge >= 0.3 is 0 Å². The predicted molar refractivity (Wildman–Crippen MR) is 118 cm³/mol. The first-order valence-corrected chi connectivity index (χ1v) is 11.5. The van der Waals surface area contributed by atoms with E-state index in [1.54, 1.807) is 12.1 Å². The van der Waals surface area contributed by atoms with Crippen molar-refractivity contribution in [3.05, 3.63) is 35.9 Å². The molecule has 2 N–H and O–H groups in total. The van der Waals surface area contributed by atoms with Crippen LogP contribution in [0.25, 0.3) is 0 Å². The molecular formula is C24H37N3O3. The summed E-state index contributed by atoms with van der Waals surface area (Å²) in [4.78, 5) is 28.4. The number of ether oxygens (including phenoxy) is 1. The maximum atomic E-state index is 13.2. The van der Waals surface area contributed by atoms with Gasteiger partial charge in [0.15, 0.2) is 0 Å². The summed E-state index contributed by atoms with van der Waals surface area (Å²) in [6.45, 7) is 8.09. The minimum atomic E-state index is -0.534. The summed E-state index contributed by atoms with van der Waals surface area (Å²) in [5, 5.41) is 6.21. The summed E-state index contributed by atoms with van der Waals surface area (Å²) in [6, 6.07) is 8.57. The third kappa shape index (κ3) is 5.61. The van der Waals surface area contributed by atoms with Gasteiger partial charge in [0.05, 0.1) is 13.2 Å². The van der Waals surface area contributed by atoms with Gasteiger partial charge in [-0.15, -0.1) is 0 Å². The van der Waals surface area contributed by atoms with Crippen molar-refractivity contribution < 1.29 is 14.3 Å². The molecule has 1 saturated heterocycles. The van der Waals surface area contributed by atoms with Gasteiger partial charge in [-0.1, -0.05) is 57.7 Å². The molecule has 1 aliphatic heterocycles. The number of benzene rings is 1. The van der Waals surface area contributed by atoms with Crippen LogP contribution in [0.2, 0.25) is 0 Å². The van der Waals surface area contributed by atoms with Gasteiger partial charge in [0.1, 0.15) is 6.04 Å². The lowest BCUT2D eigenvalue weighted by atomic mass is 9.79. The van der Waals surface area contributed by atoms with Crippen molar-refractivity contribution in [3.8, 4) is 0 Å². The molecule has 2 amide bonds. The van der Waals surface area contributed by atoms with E-state index in [1.807, 2.05) is 25.1 Å². The summed E-state index contributed by atoms with van der Waals surface area (Å²) in [6.07, 6.45) is 6.71. The molecule has 1 heterocycles. The Morgan fingerprint density at radius 3 is 2.40 bits per heavy atom. The lowest BCUT2D eigenvalue weighted by Gasteiger charge is -2.48. The molecule has 1 saturated carbocycles. The molecule has 166 valence electrons. The number of morpholine rings is 1. The number of amides is 2. The largest absolute Gasteiger partial charge is 0.379 e. The minimum absolute atomic E-state index is 0.0150. The molecule has 30 heavy (non-hydrogen) atoms. The van der Waals surface area contributed by atoms with E-state index in [0.717, 1.165) is 45.6 Å². The zero-order chi connectivity index (χ0) is 21.4. The molecule has 2 fully saturated rings. The van der Waals surface area contributed by atoms with Crippen LogP contribution in [-0.2, 0) is 9.53 Å². The van der Waals surface area contributed by atoms with Crippen LogP contribution in [0.4, 0.5) is 0 Å². The lowest BCUT2D eigenvalue weighted by Crippen LogP contribution is -2.61. The molecule has 2 aliphatic rings. The number of carbonyl (C=O) groups is 2. The van der Waals surface area contributed by atoms with Crippen LogP contribution in [0.15, 0.2) is 30.3 Å². The van der Waals surface area contributed by atoms with Crippen molar-refractivity contribution in [3.63, 3.8) is 0 Å². The molecule has 0 spiro atoms. The minimum Gasteiger partial charge on any atom is -0.379 e. The topological polar surface area (TPSA) is 70.7 Å². The Morgan fingerprint density at radius 2 is 1.77 bits per heavy atom. The van der Waals surface area contributed by atoms with E-state index in [-0.39, 0.29) is 23.3 Å². The Kier molecular flexibility index (Phi) is 8.28. The lowest BCUT2D eigenvalue weighted by molar-refractivity contribution is -0.125. The van der Waals surface area contributed by atoms with Crippen LogP contribution in [0.5, 0.6) is 0 Å². The highest BCUT2D eigenvalue weighted by Gasteiger charge is 2.39. The van der Waals surface area contributed by atoms with Crippen LogP contribution < -0.4 is 10.6 Å². The van der Waals surface area contributed by atoms with Crippen molar-refractivity contribution in [2.75, 3.05) is 32.8 Å². The quantitative estimate of drug-likeness (QED) is 0.685. The Labute approximate surface area is 180 Å². The molecule has 6 nitrogen and oxygen atoms in total. The van der Waals surface area contributed by atoms with Crippen LogP contribution in [-0.4, -0.2) is 61.1 Å². The number of hydrogen-bond donors (Lipinski definition) is 2. The zero-order valence-corrected chi connectivity index (χ0v) is 18.5. The second kappa shape index (κ2) is 10.9. The Morgan fingerprint density at radius 1 is 1.10 bits per heavy atom. The van der Waals surface area contributed by atoms with Crippen LogP contribution in [0.1, 0.15) is 62.7 Å². The monoisotopic (exact) mass is 415 g/mol. The fourth-order valence-electron chi connectivity index (χ4n) is 4.73. The average Bonchev–Trinajstić information content (AvgIpc) is 2.82. The smallest absolute Gasteiger partial charge is 0.251 e. The molecule has 1 aromatic rings. The van der Waals surface area contributed by atoms with Crippen LogP contribution in [0.3, 0.4) is 0 Å². The highest BCUT2D eigenvalue weighted by molar-refractivity contribution is 5.97. The Bertz CT molecular complexity index is 682. The Hall–Kier alpha value is -1.92. The van der Waals surface area contributed by atoms with Gasteiger partial charge in [-0.3, -0.25) is 14.5 Å². The SMILES string of the molecule is CCC(C)C(NC(=O)c1ccccc1)C(=O)NCC1(N2CCOCC2)CCCCC1. The molecule has 0 aromatic heterocycles. The van der Waals surface area contributed by atoms with Gasteiger partial charge in [0.2, 0.25) is 5.91 Å². The fraction of sp³-hybridized carbons (Fsp3) is 0.667. The van der Waals surface area contributed by atoms with Gasteiger partial charge in [-0.05, 0) is 30.9 Å². The number of nitrogens with one attached hydrogen (secondary N) is 2. The molecule has 2 unspecified atom stereocenters. The van der Waals surface area contributed by atoms with Gasteiger partial charge in [0.25, 0.3) is 5.91 Å². The first-order valence-electron chi connectivity index (χ1n) is 11.5. The summed E-state index contributed by atoms with van der Waals surface area (Å²) >= 11 is 0. The van der Waals surface area contributed by atoms with Crippen LogP contribution >= 0.6 is 0 Å². The molecule has 2 atom stereocenters. The maximum Gasteiger partial charge on any atom is 0.251 e. The van der Waals surface area contributed by atoms with E-state index in [0.29, 0.717) is 12.1 Å². The van der Waals surface area contributed by atoms with E-state index in [1.165, 1.54) is 19.3 Å². The molecule has 3 rings (SSSR count). The fourth-order valence-corrected chi connectivity index (χ4v) is 4.73. The normalized spacial score (nSPS) is 21.4. The third-order valence-corrected chi connectivity index (χ3v) is 6.88. The van der Waals surface area contributed by atoms with E-state index in [2.05, 4.69) is 22.5 Å². The number of nitrogens with zero attached hydrogens (tertiary/aromatic N) is 1. The van der Waals surface area contributed by atoms with Crippen molar-refractivity contribution >= 4 is 11.8 Å². The van der Waals surface area contributed by atoms with Gasteiger partial charge in [-0.25, -0.2) is 0 Å². The first kappa shape index (κ1) is 22.8. The van der Waals surface area contributed by atoms with Crippen molar-refractivity contribution in [2.45, 2.75) is 64.0 Å². The van der Waals surface area contributed by atoms with E-state index >= 15 is 0 Å².